The number of nitrogens with zero attached hydrogens (tertiary/aromatic N) is 2. The highest BCUT2D eigenvalue weighted by molar-refractivity contribution is 5.99. The second-order valence-electron chi connectivity index (χ2n) is 4.37. The van der Waals surface area contributed by atoms with Gasteiger partial charge in [0.05, 0.1) is 20.6 Å². The van der Waals surface area contributed by atoms with Gasteiger partial charge in [-0.05, 0) is 12.1 Å². The summed E-state index contributed by atoms with van der Waals surface area (Å²) in [5.41, 5.74) is -1.12. The first-order valence-corrected chi connectivity index (χ1v) is 5.87. The highest BCUT2D eigenvalue weighted by atomic mass is 16.6. The lowest BCUT2D eigenvalue weighted by Crippen LogP contribution is -2.07. The quantitative estimate of drug-likeness (QED) is 0.440. The molecule has 0 saturated heterocycles. The van der Waals surface area contributed by atoms with E-state index in [1.165, 1.54) is 36.4 Å². The number of nitro groups is 2. The van der Waals surface area contributed by atoms with E-state index in [0.29, 0.717) is 0 Å². The zero-order valence-electron chi connectivity index (χ0n) is 10.4. The van der Waals surface area contributed by atoms with Gasteiger partial charge in [-0.1, -0.05) is 12.1 Å². The molecule has 8 nitrogen and oxygen atoms in total. The molecule has 104 valence electrons. The molecule has 0 saturated carbocycles. The molecule has 0 aliphatic rings. The zero-order chi connectivity index (χ0) is 15.1. The Balaban J connectivity index is 2.60. The van der Waals surface area contributed by atoms with Gasteiger partial charge in [0.1, 0.15) is 11.0 Å². The van der Waals surface area contributed by atoms with Crippen LogP contribution in [0.2, 0.25) is 0 Å². The summed E-state index contributed by atoms with van der Waals surface area (Å²) >= 11 is 0. The predicted molar refractivity (Wildman–Crippen MR) is 75.4 cm³/mol. The Morgan fingerprint density at radius 1 is 0.810 bits per heavy atom. The summed E-state index contributed by atoms with van der Waals surface area (Å²) in [6.07, 6.45) is 0. The van der Waals surface area contributed by atoms with Gasteiger partial charge in [0.2, 0.25) is 0 Å². The van der Waals surface area contributed by atoms with E-state index in [2.05, 4.69) is 4.98 Å². The monoisotopic (exact) mass is 285 g/mol. The number of hydrogen-bond acceptors (Lipinski definition) is 5. The average Bonchev–Trinajstić information content (AvgIpc) is 2.46. The second-order valence-corrected chi connectivity index (χ2v) is 4.37. The average molecular weight is 285 g/mol. The second kappa shape index (κ2) is 4.37. The van der Waals surface area contributed by atoms with Crippen LogP contribution < -0.4 is 5.43 Å². The van der Waals surface area contributed by atoms with Gasteiger partial charge in [-0.25, -0.2) is 0 Å². The number of nitrogens with one attached hydrogen (secondary N) is 1. The van der Waals surface area contributed by atoms with Crippen LogP contribution in [0.15, 0.2) is 41.2 Å². The number of aromatic amines is 1. The number of rotatable bonds is 2. The van der Waals surface area contributed by atoms with Gasteiger partial charge in [0, 0.05) is 12.1 Å². The maximum atomic E-state index is 12.4. The molecule has 1 aromatic heterocycles. The van der Waals surface area contributed by atoms with E-state index in [-0.39, 0.29) is 33.2 Å². The van der Waals surface area contributed by atoms with Crippen molar-refractivity contribution in [3.63, 3.8) is 0 Å². The Bertz CT molecular complexity index is 902. The van der Waals surface area contributed by atoms with Gasteiger partial charge in [0.25, 0.3) is 11.4 Å². The van der Waals surface area contributed by atoms with Crippen LogP contribution in [0.25, 0.3) is 21.8 Å². The van der Waals surface area contributed by atoms with E-state index in [9.17, 15) is 25.0 Å². The van der Waals surface area contributed by atoms with Crippen LogP contribution in [0, 0.1) is 20.2 Å². The molecule has 0 unspecified atom stereocenters. The minimum absolute atomic E-state index is 0.0192. The zero-order valence-corrected chi connectivity index (χ0v) is 10.4. The lowest BCUT2D eigenvalue weighted by molar-refractivity contribution is -0.383. The first-order chi connectivity index (χ1) is 10.0. The van der Waals surface area contributed by atoms with E-state index in [4.69, 9.17) is 0 Å². The van der Waals surface area contributed by atoms with Crippen molar-refractivity contribution < 1.29 is 9.85 Å². The van der Waals surface area contributed by atoms with E-state index in [1.807, 2.05) is 0 Å². The first kappa shape index (κ1) is 12.7. The van der Waals surface area contributed by atoms with E-state index < -0.39 is 15.3 Å². The molecule has 8 heteroatoms. The highest BCUT2D eigenvalue weighted by Gasteiger charge is 2.19. The van der Waals surface area contributed by atoms with Crippen molar-refractivity contribution in [1.82, 2.24) is 4.98 Å². The van der Waals surface area contributed by atoms with Crippen molar-refractivity contribution >= 4 is 33.2 Å². The normalized spacial score (nSPS) is 10.9. The predicted octanol–water partition coefficient (Wildman–Crippen LogP) is 2.50. The summed E-state index contributed by atoms with van der Waals surface area (Å²) in [7, 11) is 0. The maximum Gasteiger partial charge on any atom is 0.293 e. The fourth-order valence-electron chi connectivity index (χ4n) is 2.30. The molecule has 0 aliphatic carbocycles. The first-order valence-electron chi connectivity index (χ1n) is 5.87. The van der Waals surface area contributed by atoms with Crippen LogP contribution in [0.3, 0.4) is 0 Å². The standard InChI is InChI=1S/C13H7N3O5/c17-13-7-3-1-5-9(15(18)19)11(7)14-12-8(13)4-2-6-10(12)16(20)21/h1-6H,(H,14,17). The van der Waals surface area contributed by atoms with Crippen LogP contribution >= 0.6 is 0 Å². The third-order valence-electron chi connectivity index (χ3n) is 3.22. The molecule has 3 rings (SSSR count). The van der Waals surface area contributed by atoms with Gasteiger partial charge < -0.3 is 4.98 Å². The molecule has 0 aliphatic heterocycles. The highest BCUT2D eigenvalue weighted by Crippen LogP contribution is 2.27. The molecule has 3 aromatic rings. The number of hydrogen-bond donors (Lipinski definition) is 1. The molecule has 0 atom stereocenters. The lowest BCUT2D eigenvalue weighted by atomic mass is 10.1. The number of pyridine rings is 1. The summed E-state index contributed by atoms with van der Waals surface area (Å²) in [6, 6.07) is 8.16. The molecule has 0 amide bonds. The van der Waals surface area contributed by atoms with Gasteiger partial charge in [-0.3, -0.25) is 25.0 Å². The van der Waals surface area contributed by atoms with Gasteiger partial charge in [-0.2, -0.15) is 0 Å². The third kappa shape index (κ3) is 1.81. The Kier molecular flexibility index (Phi) is 2.65. The van der Waals surface area contributed by atoms with Crippen LogP contribution in [0.4, 0.5) is 11.4 Å². The molecule has 0 spiro atoms. The number of nitro benzene ring substituents is 2. The minimum Gasteiger partial charge on any atom is -0.343 e. The Morgan fingerprint density at radius 2 is 1.24 bits per heavy atom. The summed E-state index contributed by atoms with van der Waals surface area (Å²) in [4.78, 5) is 35.8. The van der Waals surface area contributed by atoms with Crippen LogP contribution in [0.5, 0.6) is 0 Å². The van der Waals surface area contributed by atoms with Crippen molar-refractivity contribution in [1.29, 1.82) is 0 Å². The molecule has 1 N–H and O–H groups in total. The Hall–Kier alpha value is -3.29. The van der Waals surface area contributed by atoms with Crippen LogP contribution in [0.1, 0.15) is 0 Å². The van der Waals surface area contributed by atoms with E-state index in [1.54, 1.807) is 0 Å². The number of benzene rings is 2. The lowest BCUT2D eigenvalue weighted by Gasteiger charge is -2.03. The van der Waals surface area contributed by atoms with Gasteiger partial charge in [0.15, 0.2) is 5.43 Å². The number of H-pyrrole nitrogens is 1. The SMILES string of the molecule is O=c1c2cccc([N+](=O)[O-])c2[nH]c2c([N+](=O)[O-])cccc12. The largest absolute Gasteiger partial charge is 0.343 e. The van der Waals surface area contributed by atoms with Crippen LogP contribution in [-0.4, -0.2) is 14.8 Å². The smallest absolute Gasteiger partial charge is 0.293 e. The Labute approximate surface area is 115 Å². The third-order valence-corrected chi connectivity index (χ3v) is 3.22. The summed E-state index contributed by atoms with van der Waals surface area (Å²) in [5, 5.41) is 22.3. The molecule has 0 bridgehead atoms. The maximum absolute atomic E-state index is 12.4. The van der Waals surface area contributed by atoms with Crippen molar-refractivity contribution in [2.75, 3.05) is 0 Å². The van der Waals surface area contributed by atoms with E-state index >= 15 is 0 Å². The Morgan fingerprint density at radius 3 is 1.62 bits per heavy atom. The number of non-ortho nitro benzene ring substituents is 2. The van der Waals surface area contributed by atoms with Crippen molar-refractivity contribution in [2.45, 2.75) is 0 Å². The molecule has 0 radical (unpaired) electrons. The fraction of sp³-hybridized carbons (Fsp3) is 0. The fourth-order valence-corrected chi connectivity index (χ4v) is 2.30. The van der Waals surface area contributed by atoms with Gasteiger partial charge in [-0.15, -0.1) is 0 Å². The number of aromatic nitrogens is 1. The molecule has 1 heterocycles. The van der Waals surface area contributed by atoms with Crippen LogP contribution in [-0.2, 0) is 0 Å². The number of para-hydroxylation sites is 2. The minimum atomic E-state index is -0.640. The summed E-state index contributed by atoms with van der Waals surface area (Å²) in [5.74, 6) is 0. The molecular weight excluding hydrogens is 278 g/mol. The molecule has 2 aromatic carbocycles. The van der Waals surface area contributed by atoms with Gasteiger partial charge >= 0.3 is 0 Å². The van der Waals surface area contributed by atoms with Crippen molar-refractivity contribution in [3.8, 4) is 0 Å². The molecular formula is C13H7N3O5. The summed E-state index contributed by atoms with van der Waals surface area (Å²) in [6.45, 7) is 0. The topological polar surface area (TPSA) is 119 Å². The summed E-state index contributed by atoms with van der Waals surface area (Å²) < 4.78 is 0. The molecule has 21 heavy (non-hydrogen) atoms. The molecule has 0 fully saturated rings. The van der Waals surface area contributed by atoms with Crippen molar-refractivity contribution in [2.24, 2.45) is 0 Å². The van der Waals surface area contributed by atoms with E-state index in [0.717, 1.165) is 0 Å². The van der Waals surface area contributed by atoms with Crippen molar-refractivity contribution in [3.05, 3.63) is 66.9 Å². The number of fused-ring (bicyclic) bond motifs is 2.